The van der Waals surface area contributed by atoms with Gasteiger partial charge in [-0.15, -0.1) is 0 Å². The van der Waals surface area contributed by atoms with E-state index in [1.54, 1.807) is 18.2 Å². The van der Waals surface area contributed by atoms with E-state index in [-0.39, 0.29) is 5.69 Å². The maximum Gasteiger partial charge on any atom is 0.436 e. The minimum absolute atomic E-state index is 0.0644. The summed E-state index contributed by atoms with van der Waals surface area (Å²) in [6, 6.07) is 4.84. The van der Waals surface area contributed by atoms with Gasteiger partial charge in [-0.3, -0.25) is 10.1 Å². The molecule has 0 fully saturated rings. The molecule has 0 saturated carbocycles. The second kappa shape index (κ2) is 3.79. The SMILES string of the molecule is FC(F)(F)c1n[nH]c(-c2ccccn2)c1Cl. The number of aromatic nitrogens is 3. The van der Waals surface area contributed by atoms with Gasteiger partial charge in [0.05, 0.1) is 5.69 Å². The van der Waals surface area contributed by atoms with Crippen molar-refractivity contribution in [1.82, 2.24) is 15.2 Å². The zero-order chi connectivity index (χ0) is 11.8. The Hall–Kier alpha value is -1.56. The van der Waals surface area contributed by atoms with E-state index < -0.39 is 16.9 Å². The molecule has 0 radical (unpaired) electrons. The summed E-state index contributed by atoms with van der Waals surface area (Å²) in [6.07, 6.45) is -3.11. The predicted molar refractivity (Wildman–Crippen MR) is 51.8 cm³/mol. The number of H-pyrrole nitrogens is 1. The fraction of sp³-hybridized carbons (Fsp3) is 0.111. The molecular weight excluding hydrogens is 243 g/mol. The van der Waals surface area contributed by atoms with Crippen molar-refractivity contribution in [1.29, 1.82) is 0 Å². The van der Waals surface area contributed by atoms with E-state index in [0.29, 0.717) is 5.69 Å². The number of aromatic amines is 1. The lowest BCUT2D eigenvalue weighted by molar-refractivity contribution is -0.141. The Labute approximate surface area is 93.3 Å². The molecule has 2 aromatic heterocycles. The third-order valence-corrected chi connectivity index (χ3v) is 2.26. The molecule has 0 aromatic carbocycles. The third kappa shape index (κ3) is 1.88. The van der Waals surface area contributed by atoms with Crippen molar-refractivity contribution in [2.75, 3.05) is 0 Å². The molecule has 0 aliphatic heterocycles. The number of pyridine rings is 1. The van der Waals surface area contributed by atoms with Crippen molar-refractivity contribution in [3.8, 4) is 11.4 Å². The summed E-state index contributed by atoms with van der Waals surface area (Å²) in [5.41, 5.74) is -0.750. The molecule has 1 N–H and O–H groups in total. The van der Waals surface area contributed by atoms with Gasteiger partial charge < -0.3 is 0 Å². The largest absolute Gasteiger partial charge is 0.436 e. The number of halogens is 4. The van der Waals surface area contributed by atoms with Crippen LogP contribution in [0.5, 0.6) is 0 Å². The minimum atomic E-state index is -4.57. The molecule has 0 amide bonds. The van der Waals surface area contributed by atoms with Gasteiger partial charge in [-0.2, -0.15) is 18.3 Å². The molecule has 84 valence electrons. The third-order valence-electron chi connectivity index (χ3n) is 1.90. The van der Waals surface area contributed by atoms with Gasteiger partial charge in [0.25, 0.3) is 0 Å². The Morgan fingerprint density at radius 1 is 1.25 bits per heavy atom. The van der Waals surface area contributed by atoms with Crippen LogP contribution in [-0.4, -0.2) is 15.2 Å². The Bertz CT molecular complexity index is 492. The first kappa shape index (κ1) is 10.9. The molecule has 0 bridgehead atoms. The minimum Gasteiger partial charge on any atom is -0.274 e. The fourth-order valence-corrected chi connectivity index (χ4v) is 1.49. The van der Waals surface area contributed by atoms with Gasteiger partial charge in [-0.25, -0.2) is 0 Å². The Balaban J connectivity index is 2.50. The first-order chi connectivity index (χ1) is 7.50. The van der Waals surface area contributed by atoms with E-state index in [1.165, 1.54) is 6.20 Å². The summed E-state index contributed by atoms with van der Waals surface area (Å²) >= 11 is 5.59. The molecule has 0 spiro atoms. The highest BCUT2D eigenvalue weighted by Crippen LogP contribution is 2.37. The number of alkyl halides is 3. The standard InChI is InChI=1S/C9H5ClF3N3/c10-6-7(5-3-1-2-4-14-5)15-16-8(6)9(11,12)13/h1-4H,(H,15,16). The number of hydrogen-bond donors (Lipinski definition) is 1. The maximum atomic E-state index is 12.4. The van der Waals surface area contributed by atoms with Crippen LogP contribution in [0.4, 0.5) is 13.2 Å². The van der Waals surface area contributed by atoms with Gasteiger partial charge in [-0.1, -0.05) is 17.7 Å². The highest BCUT2D eigenvalue weighted by Gasteiger charge is 2.37. The molecule has 0 atom stereocenters. The van der Waals surface area contributed by atoms with Crippen molar-refractivity contribution in [3.05, 3.63) is 35.1 Å². The number of nitrogens with one attached hydrogen (secondary N) is 1. The fourth-order valence-electron chi connectivity index (χ4n) is 1.20. The van der Waals surface area contributed by atoms with Gasteiger partial charge in [0.1, 0.15) is 10.7 Å². The average Bonchev–Trinajstić information content (AvgIpc) is 2.61. The Morgan fingerprint density at radius 3 is 2.50 bits per heavy atom. The summed E-state index contributed by atoms with van der Waals surface area (Å²) in [4.78, 5) is 3.88. The normalized spacial score (nSPS) is 11.8. The second-order valence-corrected chi connectivity index (χ2v) is 3.35. The van der Waals surface area contributed by atoms with E-state index in [9.17, 15) is 13.2 Å². The summed E-state index contributed by atoms with van der Waals surface area (Å²) < 4.78 is 37.2. The summed E-state index contributed by atoms with van der Waals surface area (Å²) in [5, 5.41) is 4.91. The quantitative estimate of drug-likeness (QED) is 0.841. The highest BCUT2D eigenvalue weighted by molar-refractivity contribution is 6.33. The second-order valence-electron chi connectivity index (χ2n) is 2.97. The first-order valence-corrected chi connectivity index (χ1v) is 4.60. The molecule has 3 nitrogen and oxygen atoms in total. The molecule has 2 rings (SSSR count). The molecule has 0 aliphatic carbocycles. The van der Waals surface area contributed by atoms with Crippen molar-refractivity contribution in [2.24, 2.45) is 0 Å². The van der Waals surface area contributed by atoms with E-state index in [1.807, 2.05) is 0 Å². The van der Waals surface area contributed by atoms with E-state index >= 15 is 0 Å². The van der Waals surface area contributed by atoms with Crippen LogP contribution in [0.3, 0.4) is 0 Å². The van der Waals surface area contributed by atoms with Crippen LogP contribution in [0.15, 0.2) is 24.4 Å². The van der Waals surface area contributed by atoms with E-state index in [2.05, 4.69) is 15.2 Å². The average molecular weight is 248 g/mol. The monoisotopic (exact) mass is 247 g/mol. The molecule has 2 heterocycles. The number of hydrogen-bond acceptors (Lipinski definition) is 2. The molecule has 7 heteroatoms. The van der Waals surface area contributed by atoms with Gasteiger partial charge >= 0.3 is 6.18 Å². The Morgan fingerprint density at radius 2 is 2.00 bits per heavy atom. The lowest BCUT2D eigenvalue weighted by Gasteiger charge is -2.01. The van der Waals surface area contributed by atoms with Crippen LogP contribution in [0.2, 0.25) is 5.02 Å². The van der Waals surface area contributed by atoms with Crippen LogP contribution >= 0.6 is 11.6 Å². The lowest BCUT2D eigenvalue weighted by atomic mass is 10.2. The smallest absolute Gasteiger partial charge is 0.274 e. The molecule has 2 aromatic rings. The summed E-state index contributed by atoms with van der Waals surface area (Å²) in [5.74, 6) is 0. The highest BCUT2D eigenvalue weighted by atomic mass is 35.5. The molecular formula is C9H5ClF3N3. The number of rotatable bonds is 1. The van der Waals surface area contributed by atoms with Gasteiger partial charge in [0.2, 0.25) is 0 Å². The first-order valence-electron chi connectivity index (χ1n) is 4.22. The van der Waals surface area contributed by atoms with Gasteiger partial charge in [0.15, 0.2) is 5.69 Å². The zero-order valence-corrected chi connectivity index (χ0v) is 8.47. The topological polar surface area (TPSA) is 41.6 Å². The van der Waals surface area contributed by atoms with Crippen LogP contribution in [0.1, 0.15) is 5.69 Å². The lowest BCUT2D eigenvalue weighted by Crippen LogP contribution is -2.05. The predicted octanol–water partition coefficient (Wildman–Crippen LogP) is 3.14. The zero-order valence-electron chi connectivity index (χ0n) is 7.72. The van der Waals surface area contributed by atoms with Crippen LogP contribution < -0.4 is 0 Å². The molecule has 0 unspecified atom stereocenters. The van der Waals surface area contributed by atoms with Crippen molar-refractivity contribution in [3.63, 3.8) is 0 Å². The van der Waals surface area contributed by atoms with Crippen molar-refractivity contribution in [2.45, 2.75) is 6.18 Å². The molecule has 0 aliphatic rings. The maximum absolute atomic E-state index is 12.4. The number of nitrogens with zero attached hydrogens (tertiary/aromatic N) is 2. The Kier molecular flexibility index (Phi) is 2.59. The van der Waals surface area contributed by atoms with Crippen LogP contribution in [0.25, 0.3) is 11.4 Å². The van der Waals surface area contributed by atoms with Crippen molar-refractivity contribution >= 4 is 11.6 Å². The van der Waals surface area contributed by atoms with Gasteiger partial charge in [-0.05, 0) is 12.1 Å². The van der Waals surface area contributed by atoms with Crippen LogP contribution in [-0.2, 0) is 6.18 Å². The van der Waals surface area contributed by atoms with Crippen molar-refractivity contribution < 1.29 is 13.2 Å². The summed E-state index contributed by atoms with van der Waals surface area (Å²) in [7, 11) is 0. The van der Waals surface area contributed by atoms with Crippen LogP contribution in [0, 0.1) is 0 Å². The van der Waals surface area contributed by atoms with E-state index in [0.717, 1.165) is 0 Å². The molecule has 0 saturated heterocycles. The molecule has 16 heavy (non-hydrogen) atoms. The summed E-state index contributed by atoms with van der Waals surface area (Å²) in [6.45, 7) is 0. The van der Waals surface area contributed by atoms with E-state index in [4.69, 9.17) is 11.6 Å². The van der Waals surface area contributed by atoms with Gasteiger partial charge in [0, 0.05) is 6.20 Å².